The van der Waals surface area contributed by atoms with Gasteiger partial charge in [0, 0.05) is 15.7 Å². The number of amides is 1. The van der Waals surface area contributed by atoms with Crippen LogP contribution in [0.5, 0.6) is 0 Å². The third kappa shape index (κ3) is 3.15. The number of nitrogen functional groups attached to an aromatic ring is 1. The number of hydrazine groups is 1. The van der Waals surface area contributed by atoms with Gasteiger partial charge in [0.25, 0.3) is 5.91 Å². The zero-order valence-corrected chi connectivity index (χ0v) is 12.3. The highest BCUT2D eigenvalue weighted by Crippen LogP contribution is 2.24. The van der Waals surface area contributed by atoms with Crippen molar-refractivity contribution in [3.63, 3.8) is 0 Å². The maximum Gasteiger partial charge on any atom is 0.255 e. The van der Waals surface area contributed by atoms with Gasteiger partial charge in [-0.2, -0.15) is 0 Å². The number of anilines is 2. The Balaban J connectivity index is 2.26. The molecule has 0 aliphatic heterocycles. The minimum absolute atomic E-state index is 0.308. The topological polar surface area (TPSA) is 67.1 Å². The minimum Gasteiger partial charge on any atom is -0.324 e. The summed E-state index contributed by atoms with van der Waals surface area (Å²) in [4.78, 5) is 12.2. The second-order valence-corrected chi connectivity index (χ2v) is 5.11. The van der Waals surface area contributed by atoms with Crippen molar-refractivity contribution in [2.24, 2.45) is 5.84 Å². The smallest absolute Gasteiger partial charge is 0.255 e. The molecule has 104 valence electrons. The van der Waals surface area contributed by atoms with Crippen LogP contribution in [0.25, 0.3) is 0 Å². The Labute approximate surface area is 124 Å². The number of carbonyl (C=O) groups excluding carboxylic acids is 1. The van der Waals surface area contributed by atoms with Crippen molar-refractivity contribution in [1.29, 1.82) is 0 Å². The monoisotopic (exact) mass is 337 g/mol. The maximum absolute atomic E-state index is 13.2. The summed E-state index contributed by atoms with van der Waals surface area (Å²) in [6, 6.07) is 9.23. The molecule has 0 bridgehead atoms. The molecule has 2 aromatic carbocycles. The standard InChI is InChI=1S/C14H13BrFN3O/c1-8-6-10(19-17)3-4-11(8)14(20)18-13-7-9(16)2-5-12(13)15/h2-7,19H,17H2,1H3,(H,18,20). The first kappa shape index (κ1) is 14.5. The highest BCUT2D eigenvalue weighted by molar-refractivity contribution is 9.10. The molecule has 4 nitrogen and oxygen atoms in total. The molecule has 2 aromatic rings. The van der Waals surface area contributed by atoms with Crippen molar-refractivity contribution in [2.45, 2.75) is 6.92 Å². The highest BCUT2D eigenvalue weighted by Gasteiger charge is 2.11. The lowest BCUT2D eigenvalue weighted by atomic mass is 10.1. The fraction of sp³-hybridized carbons (Fsp3) is 0.0714. The van der Waals surface area contributed by atoms with Crippen LogP contribution in [0.4, 0.5) is 15.8 Å². The van der Waals surface area contributed by atoms with Crippen LogP contribution in [-0.4, -0.2) is 5.91 Å². The molecule has 0 saturated carbocycles. The first-order valence-corrected chi connectivity index (χ1v) is 6.64. The molecule has 0 aliphatic carbocycles. The Hall–Kier alpha value is -1.92. The largest absolute Gasteiger partial charge is 0.324 e. The molecule has 0 aromatic heterocycles. The molecular weight excluding hydrogens is 325 g/mol. The lowest BCUT2D eigenvalue weighted by molar-refractivity contribution is 0.102. The number of nitrogens with one attached hydrogen (secondary N) is 2. The van der Waals surface area contributed by atoms with Crippen LogP contribution < -0.4 is 16.6 Å². The van der Waals surface area contributed by atoms with Crippen molar-refractivity contribution < 1.29 is 9.18 Å². The zero-order chi connectivity index (χ0) is 14.7. The van der Waals surface area contributed by atoms with E-state index in [1.807, 2.05) is 0 Å². The Kier molecular flexibility index (Phi) is 4.36. The Morgan fingerprint density at radius 2 is 2.00 bits per heavy atom. The van der Waals surface area contributed by atoms with Gasteiger partial charge < -0.3 is 10.7 Å². The molecule has 0 fully saturated rings. The van der Waals surface area contributed by atoms with E-state index in [0.29, 0.717) is 21.4 Å². The second-order valence-electron chi connectivity index (χ2n) is 4.25. The molecule has 0 atom stereocenters. The van der Waals surface area contributed by atoms with Gasteiger partial charge in [-0.1, -0.05) is 0 Å². The van der Waals surface area contributed by atoms with Gasteiger partial charge in [-0.25, -0.2) is 4.39 Å². The van der Waals surface area contributed by atoms with E-state index in [0.717, 1.165) is 5.56 Å². The molecular formula is C14H13BrFN3O. The predicted octanol–water partition coefficient (Wildman–Crippen LogP) is 3.43. The first-order chi connectivity index (χ1) is 9.51. The lowest BCUT2D eigenvalue weighted by Gasteiger charge is -2.10. The van der Waals surface area contributed by atoms with E-state index in [2.05, 4.69) is 26.7 Å². The van der Waals surface area contributed by atoms with Crippen molar-refractivity contribution in [3.8, 4) is 0 Å². The Morgan fingerprint density at radius 1 is 1.25 bits per heavy atom. The third-order valence-electron chi connectivity index (χ3n) is 2.81. The summed E-state index contributed by atoms with van der Waals surface area (Å²) >= 11 is 3.26. The summed E-state index contributed by atoms with van der Waals surface area (Å²) in [5.41, 5.74) is 4.88. The molecule has 0 unspecified atom stereocenters. The maximum atomic E-state index is 13.2. The highest BCUT2D eigenvalue weighted by atomic mass is 79.9. The average molecular weight is 338 g/mol. The number of aryl methyl sites for hydroxylation is 1. The van der Waals surface area contributed by atoms with Crippen LogP contribution >= 0.6 is 15.9 Å². The number of benzene rings is 2. The summed E-state index contributed by atoms with van der Waals surface area (Å²) in [6.45, 7) is 1.80. The van der Waals surface area contributed by atoms with E-state index in [9.17, 15) is 9.18 Å². The molecule has 0 aliphatic rings. The SMILES string of the molecule is Cc1cc(NN)ccc1C(=O)Nc1cc(F)ccc1Br. The molecule has 0 heterocycles. The number of rotatable bonds is 3. The molecule has 4 N–H and O–H groups in total. The molecule has 2 rings (SSSR count). The molecule has 1 amide bonds. The van der Waals surface area contributed by atoms with Gasteiger partial charge >= 0.3 is 0 Å². The van der Waals surface area contributed by atoms with Crippen molar-refractivity contribution in [3.05, 3.63) is 57.8 Å². The number of hydrogen-bond acceptors (Lipinski definition) is 3. The second kappa shape index (κ2) is 6.02. The van der Waals surface area contributed by atoms with Crippen molar-refractivity contribution >= 4 is 33.2 Å². The fourth-order valence-electron chi connectivity index (χ4n) is 1.79. The van der Waals surface area contributed by atoms with E-state index in [-0.39, 0.29) is 5.91 Å². The van der Waals surface area contributed by atoms with Gasteiger partial charge in [-0.3, -0.25) is 10.6 Å². The van der Waals surface area contributed by atoms with Crippen LogP contribution in [0.1, 0.15) is 15.9 Å². The van der Waals surface area contributed by atoms with Crippen molar-refractivity contribution in [2.75, 3.05) is 10.7 Å². The van der Waals surface area contributed by atoms with Crippen molar-refractivity contribution in [1.82, 2.24) is 0 Å². The van der Waals surface area contributed by atoms with E-state index in [4.69, 9.17) is 5.84 Å². The van der Waals surface area contributed by atoms with Crippen LogP contribution in [0.2, 0.25) is 0 Å². The van der Waals surface area contributed by atoms with Crippen LogP contribution in [0.15, 0.2) is 40.9 Å². The minimum atomic E-state index is -0.414. The fourth-order valence-corrected chi connectivity index (χ4v) is 2.14. The number of carbonyl (C=O) groups is 1. The van der Waals surface area contributed by atoms with Gasteiger partial charge in [-0.05, 0) is 64.8 Å². The van der Waals surface area contributed by atoms with Crippen LogP contribution in [-0.2, 0) is 0 Å². The van der Waals surface area contributed by atoms with E-state index in [1.54, 1.807) is 31.2 Å². The molecule has 0 spiro atoms. The summed E-state index contributed by atoms with van der Waals surface area (Å²) in [7, 11) is 0. The van der Waals surface area contributed by atoms with E-state index >= 15 is 0 Å². The summed E-state index contributed by atoms with van der Waals surface area (Å²) in [5, 5.41) is 2.67. The van der Waals surface area contributed by atoms with E-state index < -0.39 is 5.82 Å². The molecule has 0 saturated heterocycles. The Morgan fingerprint density at radius 3 is 2.65 bits per heavy atom. The van der Waals surface area contributed by atoms with E-state index in [1.165, 1.54) is 12.1 Å². The van der Waals surface area contributed by atoms with Gasteiger partial charge in [0.1, 0.15) is 5.82 Å². The summed E-state index contributed by atoms with van der Waals surface area (Å²) < 4.78 is 13.8. The Bertz CT molecular complexity index is 661. The average Bonchev–Trinajstić information content (AvgIpc) is 2.42. The van der Waals surface area contributed by atoms with Gasteiger partial charge in [0.2, 0.25) is 0 Å². The molecule has 0 radical (unpaired) electrons. The zero-order valence-electron chi connectivity index (χ0n) is 10.7. The molecule has 20 heavy (non-hydrogen) atoms. The lowest BCUT2D eigenvalue weighted by Crippen LogP contribution is -2.14. The van der Waals surface area contributed by atoms with Crippen LogP contribution in [0.3, 0.4) is 0 Å². The predicted molar refractivity (Wildman–Crippen MR) is 81.0 cm³/mol. The number of nitrogens with two attached hydrogens (primary N) is 1. The van der Waals surface area contributed by atoms with Crippen LogP contribution in [0, 0.1) is 12.7 Å². The molecule has 6 heteroatoms. The first-order valence-electron chi connectivity index (χ1n) is 5.85. The van der Waals surface area contributed by atoms with Gasteiger partial charge in [0.05, 0.1) is 5.69 Å². The van der Waals surface area contributed by atoms with Gasteiger partial charge in [-0.15, -0.1) is 0 Å². The number of halogens is 2. The summed E-state index contributed by atoms with van der Waals surface area (Å²) in [6.07, 6.45) is 0. The third-order valence-corrected chi connectivity index (χ3v) is 3.51. The normalized spacial score (nSPS) is 10.2. The van der Waals surface area contributed by atoms with Gasteiger partial charge in [0.15, 0.2) is 0 Å². The number of hydrogen-bond donors (Lipinski definition) is 3. The summed E-state index contributed by atoms with van der Waals surface area (Å²) in [5.74, 6) is 4.58. The quantitative estimate of drug-likeness (QED) is 0.593.